The van der Waals surface area contributed by atoms with Gasteiger partial charge < -0.3 is 10.1 Å². The fraction of sp³-hybridized carbons (Fsp3) is 0.318. The number of thiazole rings is 1. The predicted molar refractivity (Wildman–Crippen MR) is 125 cm³/mol. The molecule has 0 aliphatic heterocycles. The van der Waals surface area contributed by atoms with Crippen molar-refractivity contribution in [2.75, 3.05) is 11.9 Å². The highest BCUT2D eigenvalue weighted by Gasteiger charge is 2.34. The third-order valence-electron chi connectivity index (χ3n) is 4.85. The van der Waals surface area contributed by atoms with Crippen molar-refractivity contribution in [3.63, 3.8) is 0 Å². The van der Waals surface area contributed by atoms with Crippen LogP contribution in [0.25, 0.3) is 21.1 Å². The number of ether oxygens (including phenoxy) is 1. The molecule has 7 nitrogen and oxygen atoms in total. The molecule has 2 heterocycles. The Morgan fingerprint density at radius 2 is 1.87 bits per heavy atom. The number of aromatic nitrogens is 3. The van der Waals surface area contributed by atoms with E-state index in [9.17, 15) is 8.42 Å². The molecule has 4 rings (SSSR count). The maximum atomic E-state index is 13.3. The molecule has 9 heteroatoms. The summed E-state index contributed by atoms with van der Waals surface area (Å²) in [6.07, 6.45) is 2.22. The van der Waals surface area contributed by atoms with Gasteiger partial charge in [0.25, 0.3) is 0 Å². The number of hydrogen-bond donors (Lipinski definition) is 1. The summed E-state index contributed by atoms with van der Waals surface area (Å²) in [5.41, 5.74) is 4.10. The van der Waals surface area contributed by atoms with Crippen LogP contribution in [0, 0.1) is 0 Å². The second-order valence-corrected chi connectivity index (χ2v) is 11.7. The Labute approximate surface area is 185 Å². The van der Waals surface area contributed by atoms with Crippen molar-refractivity contribution in [2.24, 2.45) is 0 Å². The fourth-order valence-corrected chi connectivity index (χ4v) is 5.07. The summed E-state index contributed by atoms with van der Waals surface area (Å²) in [5.74, 6) is 0.838. The summed E-state index contributed by atoms with van der Waals surface area (Å²) in [6, 6.07) is 9.17. The van der Waals surface area contributed by atoms with Crippen molar-refractivity contribution >= 4 is 53.8 Å². The quantitative estimate of drug-likeness (QED) is 0.418. The molecule has 0 atom stereocenters. The third kappa shape index (κ3) is 4.07. The summed E-state index contributed by atoms with van der Waals surface area (Å²) in [6.45, 7) is 7.43. The lowest BCUT2D eigenvalue weighted by atomic mass is 10.2. The molecule has 0 radical (unpaired) electrons. The fourth-order valence-electron chi connectivity index (χ4n) is 3.10. The zero-order chi connectivity index (χ0) is 22.2. The maximum absolute atomic E-state index is 13.3. The van der Waals surface area contributed by atoms with Gasteiger partial charge in [0.2, 0.25) is 0 Å². The van der Waals surface area contributed by atoms with Crippen molar-refractivity contribution in [1.82, 2.24) is 15.0 Å². The van der Waals surface area contributed by atoms with Gasteiger partial charge in [-0.3, -0.25) is 0 Å². The zero-order valence-electron chi connectivity index (χ0n) is 17.8. The van der Waals surface area contributed by atoms with Crippen LogP contribution in [0.1, 0.15) is 34.1 Å². The number of rotatable bonds is 6. The van der Waals surface area contributed by atoms with E-state index < -0.39 is 14.6 Å². The summed E-state index contributed by atoms with van der Waals surface area (Å²) in [4.78, 5) is 13.2. The topological polar surface area (TPSA) is 94.1 Å². The number of anilines is 2. The average molecular weight is 457 g/mol. The molecular weight excluding hydrogens is 432 g/mol. The molecule has 2 aromatic carbocycles. The van der Waals surface area contributed by atoms with E-state index in [4.69, 9.17) is 4.74 Å². The van der Waals surface area contributed by atoms with E-state index in [1.54, 1.807) is 49.8 Å². The molecule has 31 heavy (non-hydrogen) atoms. The first kappa shape index (κ1) is 21.5. The molecule has 4 aromatic rings. The van der Waals surface area contributed by atoms with Crippen LogP contribution in [0.5, 0.6) is 5.75 Å². The summed E-state index contributed by atoms with van der Waals surface area (Å²) in [7, 11) is -3.66. The molecule has 162 valence electrons. The number of nitrogens with zero attached hydrogens (tertiary/aromatic N) is 3. The average Bonchev–Trinajstić information content (AvgIpc) is 3.19. The lowest BCUT2D eigenvalue weighted by Crippen LogP contribution is -2.28. The van der Waals surface area contributed by atoms with E-state index in [1.165, 1.54) is 6.33 Å². The van der Waals surface area contributed by atoms with Gasteiger partial charge in [-0.25, -0.2) is 23.4 Å². The second kappa shape index (κ2) is 8.05. The van der Waals surface area contributed by atoms with Gasteiger partial charge in [-0.15, -0.1) is 11.3 Å². The molecule has 1 N–H and O–H groups in total. The van der Waals surface area contributed by atoms with Crippen LogP contribution in [-0.4, -0.2) is 34.7 Å². The van der Waals surface area contributed by atoms with Gasteiger partial charge in [0.05, 0.1) is 32.6 Å². The van der Waals surface area contributed by atoms with Gasteiger partial charge in [0.15, 0.2) is 9.84 Å². The Balaban J connectivity index is 1.86. The van der Waals surface area contributed by atoms with Crippen LogP contribution in [-0.2, 0) is 9.84 Å². The molecule has 0 bridgehead atoms. The molecule has 0 fully saturated rings. The minimum absolute atomic E-state index is 0.147. The zero-order valence-corrected chi connectivity index (χ0v) is 19.5. The Bertz CT molecular complexity index is 1360. The molecule has 0 saturated heterocycles. The minimum Gasteiger partial charge on any atom is -0.492 e. The molecule has 2 aromatic heterocycles. The molecular formula is C22H24N4O3S2. The van der Waals surface area contributed by atoms with Crippen molar-refractivity contribution in [2.45, 2.75) is 43.8 Å². The van der Waals surface area contributed by atoms with Gasteiger partial charge in [-0.05, 0) is 51.5 Å². The SMILES string of the molecule is CCCOc1cc2ncnc(Nc3ccc4scnc4c3)c2cc1S(=O)(=O)C(C)(C)C. The van der Waals surface area contributed by atoms with Crippen LogP contribution in [0.3, 0.4) is 0 Å². The van der Waals surface area contributed by atoms with E-state index in [-0.39, 0.29) is 4.90 Å². The van der Waals surface area contributed by atoms with Crippen LogP contribution in [0.4, 0.5) is 11.5 Å². The Morgan fingerprint density at radius 3 is 2.61 bits per heavy atom. The van der Waals surface area contributed by atoms with E-state index in [0.29, 0.717) is 29.1 Å². The normalized spacial score (nSPS) is 12.4. The predicted octanol–water partition coefficient (Wildman–Crippen LogP) is 5.34. The first-order valence-electron chi connectivity index (χ1n) is 9.97. The number of benzene rings is 2. The van der Waals surface area contributed by atoms with Gasteiger partial charge in [0, 0.05) is 17.1 Å². The van der Waals surface area contributed by atoms with Crippen LogP contribution in [0.2, 0.25) is 0 Å². The van der Waals surface area contributed by atoms with Crippen LogP contribution < -0.4 is 10.1 Å². The van der Waals surface area contributed by atoms with Crippen molar-refractivity contribution in [3.05, 3.63) is 42.2 Å². The largest absolute Gasteiger partial charge is 0.492 e. The Kier molecular flexibility index (Phi) is 5.57. The molecule has 0 spiro atoms. The van der Waals surface area contributed by atoms with Gasteiger partial charge in [-0.2, -0.15) is 0 Å². The Hall–Kier alpha value is -2.78. The molecule has 0 unspecified atom stereocenters. The molecule has 0 aliphatic rings. The van der Waals surface area contributed by atoms with E-state index in [1.807, 2.05) is 25.1 Å². The lowest BCUT2D eigenvalue weighted by molar-refractivity contribution is 0.309. The van der Waals surface area contributed by atoms with Gasteiger partial charge >= 0.3 is 0 Å². The Morgan fingerprint density at radius 1 is 1.06 bits per heavy atom. The molecule has 0 amide bonds. The maximum Gasteiger partial charge on any atom is 0.186 e. The second-order valence-electron chi connectivity index (χ2n) is 8.16. The van der Waals surface area contributed by atoms with E-state index in [2.05, 4.69) is 20.3 Å². The van der Waals surface area contributed by atoms with E-state index >= 15 is 0 Å². The molecule has 0 saturated carbocycles. The highest BCUT2D eigenvalue weighted by atomic mass is 32.2. The third-order valence-corrected chi connectivity index (χ3v) is 8.17. The number of hydrogen-bond acceptors (Lipinski definition) is 8. The standard InChI is InChI=1S/C22H24N4O3S2/c1-5-8-29-18-11-16-15(10-20(18)31(27,28)22(2,3)4)21(24-12-23-16)26-14-6-7-19-17(9-14)25-13-30-19/h6-7,9-13H,5,8H2,1-4H3,(H,23,24,26). The summed E-state index contributed by atoms with van der Waals surface area (Å²) in [5, 5.41) is 3.89. The smallest absolute Gasteiger partial charge is 0.186 e. The molecule has 0 aliphatic carbocycles. The van der Waals surface area contributed by atoms with Crippen molar-refractivity contribution < 1.29 is 13.2 Å². The van der Waals surface area contributed by atoms with Gasteiger partial charge in [-0.1, -0.05) is 6.92 Å². The summed E-state index contributed by atoms with van der Waals surface area (Å²) < 4.78 is 32.6. The highest BCUT2D eigenvalue weighted by Crippen LogP contribution is 2.37. The van der Waals surface area contributed by atoms with Crippen molar-refractivity contribution in [1.29, 1.82) is 0 Å². The lowest BCUT2D eigenvalue weighted by Gasteiger charge is -2.22. The summed E-state index contributed by atoms with van der Waals surface area (Å²) >= 11 is 1.57. The number of sulfone groups is 1. The van der Waals surface area contributed by atoms with Crippen molar-refractivity contribution in [3.8, 4) is 5.75 Å². The first-order valence-corrected chi connectivity index (χ1v) is 12.3. The van der Waals surface area contributed by atoms with Crippen LogP contribution in [0.15, 0.2) is 47.1 Å². The number of nitrogens with one attached hydrogen (secondary N) is 1. The van der Waals surface area contributed by atoms with E-state index in [0.717, 1.165) is 22.3 Å². The monoisotopic (exact) mass is 456 g/mol. The van der Waals surface area contributed by atoms with Crippen LogP contribution >= 0.6 is 11.3 Å². The van der Waals surface area contributed by atoms with Gasteiger partial charge in [0.1, 0.15) is 22.8 Å². The first-order chi connectivity index (χ1) is 14.7. The minimum atomic E-state index is -3.66. The number of fused-ring (bicyclic) bond motifs is 2. The highest BCUT2D eigenvalue weighted by molar-refractivity contribution is 7.92.